The summed E-state index contributed by atoms with van der Waals surface area (Å²) in [7, 11) is 0. The van der Waals surface area contributed by atoms with Crippen molar-refractivity contribution in [2.24, 2.45) is 10.3 Å². The number of hydrogen-bond acceptors (Lipinski definition) is 4. The fourth-order valence-electron chi connectivity index (χ4n) is 1.52. The lowest BCUT2D eigenvalue weighted by Crippen LogP contribution is -1.91. The van der Waals surface area contributed by atoms with Gasteiger partial charge in [-0.15, -0.1) is 5.11 Å². The highest BCUT2D eigenvalue weighted by Gasteiger charge is 2.03. The Morgan fingerprint density at radius 2 is 1.52 bits per heavy atom. The number of rotatable bonds is 3. The summed E-state index contributed by atoms with van der Waals surface area (Å²) >= 11 is 6.58. The molecule has 0 saturated carbocycles. The lowest BCUT2D eigenvalue weighted by atomic mass is 10.2. The number of halogens is 2. The molecule has 7 heteroatoms. The molecule has 0 amide bonds. The van der Waals surface area contributed by atoms with E-state index >= 15 is 0 Å². The second kappa shape index (κ2) is 6.98. The molecule has 1 N–H and O–H groups in total. The van der Waals surface area contributed by atoms with Gasteiger partial charge in [0.25, 0.3) is 0 Å². The van der Waals surface area contributed by atoms with E-state index in [0.29, 0.717) is 22.5 Å². The zero-order chi connectivity index (χ0) is 15.2. The fourth-order valence-corrected chi connectivity index (χ4v) is 2.25. The van der Waals surface area contributed by atoms with E-state index in [1.165, 1.54) is 0 Å². The summed E-state index contributed by atoms with van der Waals surface area (Å²) in [6.45, 7) is 0. The molecule has 0 saturated heterocycles. The van der Waals surface area contributed by atoms with Gasteiger partial charge in [-0.1, -0.05) is 37.1 Å². The molecule has 0 fully saturated rings. The predicted octanol–water partition coefficient (Wildman–Crippen LogP) is 5.07. The third kappa shape index (κ3) is 3.88. The molecule has 0 aliphatic rings. The van der Waals surface area contributed by atoms with Crippen LogP contribution in [0.3, 0.4) is 0 Å². The van der Waals surface area contributed by atoms with Crippen LogP contribution in [0.1, 0.15) is 11.1 Å². The smallest absolute Gasteiger partial charge is 0.105 e. The number of hydrogen-bond donors (Lipinski definition) is 1. The molecule has 0 aliphatic carbocycles. The molecule has 2 aromatic carbocycles. The fraction of sp³-hybridized carbons (Fsp3) is 0. The summed E-state index contributed by atoms with van der Waals surface area (Å²) in [5.74, 6) is 0. The maximum Gasteiger partial charge on any atom is 0.105 e. The highest BCUT2D eigenvalue weighted by molar-refractivity contribution is 9.10. The van der Waals surface area contributed by atoms with Gasteiger partial charge in [-0.05, 0) is 36.4 Å². The number of nitrogens with zero attached hydrogens (tertiary/aromatic N) is 4. The molecule has 0 aliphatic heterocycles. The van der Waals surface area contributed by atoms with E-state index in [0.717, 1.165) is 8.95 Å². The van der Waals surface area contributed by atoms with Crippen molar-refractivity contribution in [1.29, 1.82) is 10.5 Å². The Labute approximate surface area is 138 Å². The monoisotopic (exact) mass is 403 g/mol. The third-order valence-electron chi connectivity index (χ3n) is 2.51. The predicted molar refractivity (Wildman–Crippen MR) is 85.9 cm³/mol. The Hall–Kier alpha value is -2.22. The van der Waals surface area contributed by atoms with E-state index in [4.69, 9.17) is 10.5 Å². The zero-order valence-electron chi connectivity index (χ0n) is 10.5. The van der Waals surface area contributed by atoms with Gasteiger partial charge in [0.05, 0.1) is 16.8 Å². The minimum Gasteiger partial charge on any atom is -0.258 e. The van der Waals surface area contributed by atoms with E-state index in [1.807, 2.05) is 6.07 Å². The average Bonchev–Trinajstić information content (AvgIpc) is 2.49. The van der Waals surface area contributed by atoms with Crippen molar-refractivity contribution in [3.8, 4) is 12.1 Å². The molecule has 2 aromatic rings. The van der Waals surface area contributed by atoms with Gasteiger partial charge in [-0.2, -0.15) is 10.5 Å². The molecule has 5 nitrogen and oxygen atoms in total. The van der Waals surface area contributed by atoms with Gasteiger partial charge < -0.3 is 0 Å². The Morgan fingerprint density at radius 3 is 2.19 bits per heavy atom. The highest BCUT2D eigenvalue weighted by atomic mass is 79.9. The van der Waals surface area contributed by atoms with Gasteiger partial charge in [-0.3, -0.25) is 5.43 Å². The summed E-state index contributed by atoms with van der Waals surface area (Å²) in [6, 6.07) is 14.4. The molecule has 0 atom stereocenters. The van der Waals surface area contributed by atoms with Gasteiger partial charge in [-0.25, -0.2) is 0 Å². The quantitative estimate of drug-likeness (QED) is 0.572. The van der Waals surface area contributed by atoms with Gasteiger partial charge >= 0.3 is 0 Å². The van der Waals surface area contributed by atoms with Crippen LogP contribution >= 0.6 is 31.9 Å². The Kier molecular flexibility index (Phi) is 5.04. The number of nitriles is 2. The van der Waals surface area contributed by atoms with Crippen LogP contribution in [-0.2, 0) is 0 Å². The average molecular weight is 405 g/mol. The summed E-state index contributed by atoms with van der Waals surface area (Å²) in [4.78, 5) is 0. The first-order chi connectivity index (χ1) is 10.1. The van der Waals surface area contributed by atoms with Gasteiger partial charge in [0, 0.05) is 8.95 Å². The van der Waals surface area contributed by atoms with Crippen LogP contribution < -0.4 is 5.43 Å². The normalized spacial score (nSPS) is 10.1. The largest absolute Gasteiger partial charge is 0.258 e. The second-order valence-electron chi connectivity index (χ2n) is 3.89. The van der Waals surface area contributed by atoms with Crippen LogP contribution in [0.25, 0.3) is 0 Å². The maximum absolute atomic E-state index is 9.04. The van der Waals surface area contributed by atoms with Crippen molar-refractivity contribution < 1.29 is 0 Å². The standard InChI is InChI=1S/C14H7Br2N5/c15-11-1-3-13(9(5-11)7-17)19-21-20-14-4-2-12(16)6-10(14)8-18/h1-6H,(H,19,20). The van der Waals surface area contributed by atoms with Gasteiger partial charge in [0.2, 0.25) is 0 Å². The van der Waals surface area contributed by atoms with Crippen LogP contribution in [-0.4, -0.2) is 0 Å². The molecule has 0 heterocycles. The number of nitrogens with one attached hydrogen (secondary N) is 1. The van der Waals surface area contributed by atoms with Crippen LogP contribution in [0, 0.1) is 22.7 Å². The van der Waals surface area contributed by atoms with Gasteiger partial charge in [0.1, 0.15) is 17.8 Å². The van der Waals surface area contributed by atoms with Crippen molar-refractivity contribution in [3.63, 3.8) is 0 Å². The minimum atomic E-state index is 0.409. The first kappa shape index (κ1) is 15.2. The van der Waals surface area contributed by atoms with Gasteiger partial charge in [0.15, 0.2) is 0 Å². The molecule has 0 bridgehead atoms. The summed E-state index contributed by atoms with van der Waals surface area (Å²) in [6.07, 6.45) is 0. The van der Waals surface area contributed by atoms with Crippen LogP contribution in [0.5, 0.6) is 0 Å². The van der Waals surface area contributed by atoms with Crippen LogP contribution in [0.2, 0.25) is 0 Å². The third-order valence-corrected chi connectivity index (χ3v) is 3.50. The summed E-state index contributed by atoms with van der Waals surface area (Å²) in [5, 5.41) is 25.9. The lowest BCUT2D eigenvalue weighted by Gasteiger charge is -2.02. The Morgan fingerprint density at radius 1 is 0.905 bits per heavy atom. The molecule has 21 heavy (non-hydrogen) atoms. The SMILES string of the molecule is N#Cc1cc(Br)ccc1N=NNc1ccc(Br)cc1C#N. The van der Waals surface area contributed by atoms with Crippen molar-refractivity contribution in [1.82, 2.24) is 0 Å². The van der Waals surface area contributed by atoms with Crippen LogP contribution in [0.4, 0.5) is 11.4 Å². The molecule has 2 rings (SSSR count). The number of benzene rings is 2. The van der Waals surface area contributed by atoms with E-state index in [9.17, 15) is 0 Å². The lowest BCUT2D eigenvalue weighted by molar-refractivity contribution is 1.12. The molecule has 0 radical (unpaired) electrons. The molecule has 102 valence electrons. The van der Waals surface area contributed by atoms with Crippen molar-refractivity contribution in [3.05, 3.63) is 56.5 Å². The first-order valence-corrected chi connectivity index (χ1v) is 7.28. The first-order valence-electron chi connectivity index (χ1n) is 5.70. The molecule has 0 unspecified atom stereocenters. The van der Waals surface area contributed by atoms with Crippen molar-refractivity contribution in [2.45, 2.75) is 0 Å². The zero-order valence-corrected chi connectivity index (χ0v) is 13.7. The Bertz CT molecular complexity index is 787. The Balaban J connectivity index is 2.21. The van der Waals surface area contributed by atoms with Crippen molar-refractivity contribution >= 4 is 43.2 Å². The molecule has 0 aromatic heterocycles. The van der Waals surface area contributed by atoms with E-state index in [-0.39, 0.29) is 0 Å². The number of anilines is 1. The summed E-state index contributed by atoms with van der Waals surface area (Å²) in [5.41, 5.74) is 4.54. The second-order valence-corrected chi connectivity index (χ2v) is 5.72. The molecule has 0 spiro atoms. The maximum atomic E-state index is 9.04. The molecular formula is C14H7Br2N5. The van der Waals surface area contributed by atoms with E-state index in [2.05, 4.69) is 53.7 Å². The van der Waals surface area contributed by atoms with Crippen LogP contribution in [0.15, 0.2) is 55.7 Å². The summed E-state index contributed by atoms with van der Waals surface area (Å²) < 4.78 is 1.60. The van der Waals surface area contributed by atoms with E-state index < -0.39 is 0 Å². The molecular weight excluding hydrogens is 398 g/mol. The minimum absolute atomic E-state index is 0.409. The topological polar surface area (TPSA) is 84.3 Å². The van der Waals surface area contributed by atoms with Crippen molar-refractivity contribution in [2.75, 3.05) is 5.43 Å². The highest BCUT2D eigenvalue weighted by Crippen LogP contribution is 2.24. The van der Waals surface area contributed by atoms with E-state index in [1.54, 1.807) is 36.4 Å².